The largest absolute Gasteiger partial charge is 0.432 e. The topological polar surface area (TPSA) is 71.3 Å². The van der Waals surface area contributed by atoms with Gasteiger partial charge >= 0.3 is 5.84 Å². The van der Waals surface area contributed by atoms with Crippen LogP contribution in [0.5, 0.6) is 0 Å². The second kappa shape index (κ2) is 2.45. The zero-order valence-electron chi connectivity index (χ0n) is 6.81. The molecule has 0 saturated heterocycles. The fourth-order valence-corrected chi connectivity index (χ4v) is 1.11. The van der Waals surface area contributed by atoms with Crippen LogP contribution in [0.2, 0.25) is 0 Å². The van der Waals surface area contributed by atoms with Gasteiger partial charge in [-0.15, -0.1) is 0 Å². The zero-order chi connectivity index (χ0) is 9.42. The highest BCUT2D eigenvalue weighted by Crippen LogP contribution is 2.02. The average molecular weight is 175 g/mol. The summed E-state index contributed by atoms with van der Waals surface area (Å²) in [7, 11) is 0. The van der Waals surface area contributed by atoms with E-state index in [-0.39, 0.29) is 11.4 Å². The van der Waals surface area contributed by atoms with E-state index in [0.29, 0.717) is 5.69 Å². The first-order valence-electron chi connectivity index (χ1n) is 3.60. The molecule has 2 aromatic heterocycles. The summed E-state index contributed by atoms with van der Waals surface area (Å²) in [5, 5.41) is 8.66. The first-order valence-corrected chi connectivity index (χ1v) is 3.60. The molecule has 0 bridgehead atoms. The summed E-state index contributed by atoms with van der Waals surface area (Å²) >= 11 is 0. The summed E-state index contributed by atoms with van der Waals surface area (Å²) in [6, 6.07) is 1.81. The lowest BCUT2D eigenvalue weighted by Gasteiger charge is -1.94. The lowest BCUT2D eigenvalue weighted by atomic mass is 10.3. The van der Waals surface area contributed by atoms with Gasteiger partial charge in [0.2, 0.25) is 0 Å². The zero-order valence-corrected chi connectivity index (χ0v) is 6.81. The van der Waals surface area contributed by atoms with E-state index < -0.39 is 5.56 Å². The molecule has 5 heteroatoms. The van der Waals surface area contributed by atoms with Crippen molar-refractivity contribution in [3.8, 4) is 6.07 Å². The Balaban J connectivity index is 3.04. The molecule has 0 unspecified atom stereocenters. The first kappa shape index (κ1) is 7.55. The summed E-state index contributed by atoms with van der Waals surface area (Å²) in [6.45, 7) is 1.60. The van der Waals surface area contributed by atoms with Crippen molar-refractivity contribution in [3.63, 3.8) is 0 Å². The Labute approximate surface area is 72.9 Å². The maximum atomic E-state index is 11.5. The van der Waals surface area contributed by atoms with E-state index in [1.54, 1.807) is 6.92 Å². The van der Waals surface area contributed by atoms with Crippen LogP contribution < -0.4 is 5.56 Å². The van der Waals surface area contributed by atoms with Crippen LogP contribution in [0.25, 0.3) is 5.84 Å². The van der Waals surface area contributed by atoms with E-state index in [0.717, 1.165) is 0 Å². The van der Waals surface area contributed by atoms with Crippen LogP contribution in [0.1, 0.15) is 11.3 Å². The molecule has 0 atom stereocenters. The molecule has 5 nitrogen and oxygen atoms in total. The first-order chi connectivity index (χ1) is 6.24. The van der Waals surface area contributed by atoms with Crippen molar-refractivity contribution >= 4 is 5.84 Å². The van der Waals surface area contributed by atoms with Gasteiger partial charge in [-0.25, -0.2) is 4.40 Å². The van der Waals surface area contributed by atoms with Crippen LogP contribution in [-0.4, -0.2) is 9.38 Å². The van der Waals surface area contributed by atoms with Gasteiger partial charge in [-0.3, -0.25) is 4.79 Å². The van der Waals surface area contributed by atoms with Crippen molar-refractivity contribution in [1.82, 2.24) is 9.38 Å². The van der Waals surface area contributed by atoms with Crippen molar-refractivity contribution < 1.29 is 4.42 Å². The van der Waals surface area contributed by atoms with Gasteiger partial charge in [0, 0.05) is 0 Å². The maximum Gasteiger partial charge on any atom is 0.308 e. The normalized spacial score (nSPS) is 10.2. The highest BCUT2D eigenvalue weighted by molar-refractivity contribution is 5.36. The highest BCUT2D eigenvalue weighted by Gasteiger charge is 2.09. The van der Waals surface area contributed by atoms with Crippen LogP contribution in [-0.2, 0) is 0 Å². The molecular weight excluding hydrogens is 170 g/mol. The SMILES string of the molecule is Cc1nc2occn2c(=O)c1C#N. The number of aromatic nitrogens is 2. The number of hydrogen-bond acceptors (Lipinski definition) is 4. The van der Waals surface area contributed by atoms with Crippen molar-refractivity contribution in [3.05, 3.63) is 34.1 Å². The molecule has 2 rings (SSSR count). The number of hydrogen-bond donors (Lipinski definition) is 0. The average Bonchev–Trinajstić information content (AvgIpc) is 2.53. The Hall–Kier alpha value is -2.09. The van der Waals surface area contributed by atoms with Crippen molar-refractivity contribution in [2.75, 3.05) is 0 Å². The van der Waals surface area contributed by atoms with Gasteiger partial charge in [-0.2, -0.15) is 10.2 Å². The smallest absolute Gasteiger partial charge is 0.308 e. The minimum absolute atomic E-state index is 0.0545. The Morgan fingerprint density at radius 2 is 2.46 bits per heavy atom. The van der Waals surface area contributed by atoms with Gasteiger partial charge in [0.1, 0.15) is 17.9 Å². The van der Waals surface area contributed by atoms with Crippen LogP contribution in [0.4, 0.5) is 0 Å². The van der Waals surface area contributed by atoms with Crippen molar-refractivity contribution in [1.29, 1.82) is 5.26 Å². The van der Waals surface area contributed by atoms with E-state index >= 15 is 0 Å². The summed E-state index contributed by atoms with van der Waals surface area (Å²) in [4.78, 5) is 15.4. The van der Waals surface area contributed by atoms with Crippen LogP contribution >= 0.6 is 0 Å². The maximum absolute atomic E-state index is 11.5. The molecule has 0 N–H and O–H groups in total. The summed E-state index contributed by atoms with van der Waals surface area (Å²) in [5.74, 6) is 0.210. The molecule has 2 heterocycles. The minimum atomic E-state index is -0.390. The second-order valence-corrected chi connectivity index (χ2v) is 2.54. The monoisotopic (exact) mass is 175 g/mol. The number of nitrogens with zero attached hydrogens (tertiary/aromatic N) is 3. The molecule has 0 radical (unpaired) electrons. The molecule has 0 fully saturated rings. The van der Waals surface area contributed by atoms with Crippen LogP contribution in [0.3, 0.4) is 0 Å². The predicted molar refractivity (Wildman–Crippen MR) is 43.2 cm³/mol. The van der Waals surface area contributed by atoms with Crippen molar-refractivity contribution in [2.45, 2.75) is 6.92 Å². The Morgan fingerprint density at radius 3 is 3.15 bits per heavy atom. The fourth-order valence-electron chi connectivity index (χ4n) is 1.11. The minimum Gasteiger partial charge on any atom is -0.432 e. The second-order valence-electron chi connectivity index (χ2n) is 2.54. The Kier molecular flexibility index (Phi) is 1.43. The number of rotatable bonds is 0. The molecule has 0 aliphatic heterocycles. The lowest BCUT2D eigenvalue weighted by Crippen LogP contribution is -2.17. The number of aryl methyl sites for hydroxylation is 1. The molecule has 13 heavy (non-hydrogen) atoms. The van der Waals surface area contributed by atoms with Gasteiger partial charge in [0.15, 0.2) is 0 Å². The van der Waals surface area contributed by atoms with E-state index in [2.05, 4.69) is 4.98 Å². The van der Waals surface area contributed by atoms with Gasteiger partial charge in [-0.1, -0.05) is 0 Å². The van der Waals surface area contributed by atoms with Gasteiger partial charge < -0.3 is 4.42 Å². The summed E-state index contributed by atoms with van der Waals surface area (Å²) < 4.78 is 6.12. The van der Waals surface area contributed by atoms with Crippen molar-refractivity contribution in [2.24, 2.45) is 0 Å². The molecule has 0 aliphatic rings. The predicted octanol–water partition coefficient (Wildman–Crippen LogP) is 0.468. The van der Waals surface area contributed by atoms with Gasteiger partial charge in [-0.05, 0) is 6.92 Å². The standard InChI is InChI=1S/C8H5N3O2/c1-5-6(4-9)7(12)11-2-3-13-8(11)10-5/h2-3H,1H3. The van der Waals surface area contributed by atoms with E-state index in [1.165, 1.54) is 16.9 Å². The highest BCUT2D eigenvalue weighted by atomic mass is 16.3. The third-order valence-electron chi connectivity index (χ3n) is 1.76. The van der Waals surface area contributed by atoms with Crippen LogP contribution in [0.15, 0.2) is 21.7 Å². The van der Waals surface area contributed by atoms with E-state index in [9.17, 15) is 4.79 Å². The molecule has 0 spiro atoms. The summed E-state index contributed by atoms with van der Waals surface area (Å²) in [6.07, 6.45) is 2.79. The summed E-state index contributed by atoms with van der Waals surface area (Å²) in [5.41, 5.74) is 0.0556. The molecule has 2 aromatic rings. The molecule has 64 valence electrons. The molecular formula is C8H5N3O2. The number of fused-ring (bicyclic) bond motifs is 1. The molecule has 0 amide bonds. The third-order valence-corrected chi connectivity index (χ3v) is 1.76. The van der Waals surface area contributed by atoms with E-state index in [1.807, 2.05) is 6.07 Å². The third kappa shape index (κ3) is 0.924. The van der Waals surface area contributed by atoms with Gasteiger partial charge in [0.25, 0.3) is 5.56 Å². The molecule has 0 saturated carbocycles. The fraction of sp³-hybridized carbons (Fsp3) is 0.125. The quantitative estimate of drug-likeness (QED) is 0.583. The van der Waals surface area contributed by atoms with E-state index in [4.69, 9.17) is 9.68 Å². The van der Waals surface area contributed by atoms with Crippen LogP contribution in [0, 0.1) is 18.3 Å². The number of oxazole rings is 1. The number of nitriles is 1. The van der Waals surface area contributed by atoms with Gasteiger partial charge in [0.05, 0.1) is 11.9 Å². The Bertz CT molecular complexity index is 559. The molecule has 0 aliphatic carbocycles. The Morgan fingerprint density at radius 1 is 1.69 bits per heavy atom. The lowest BCUT2D eigenvalue weighted by molar-refractivity contribution is 0.589. The molecule has 0 aromatic carbocycles.